The molecule has 2 aliphatic heterocycles. The number of anilines is 1. The number of aryl methyl sites for hydroxylation is 1. The van der Waals surface area contributed by atoms with Crippen LogP contribution in [-0.2, 0) is 41.5 Å². The summed E-state index contributed by atoms with van der Waals surface area (Å²) in [6.07, 6.45) is -0.107. The molecule has 11 nitrogen and oxygen atoms in total. The fourth-order valence-corrected chi connectivity index (χ4v) is 6.51. The van der Waals surface area contributed by atoms with Gasteiger partial charge in [0.05, 0.1) is 18.5 Å². The highest BCUT2D eigenvalue weighted by atomic mass is 16.6. The third kappa shape index (κ3) is 7.88. The Bertz CT molecular complexity index is 1530. The molecule has 3 fully saturated rings. The maximum absolute atomic E-state index is 13.6. The van der Waals surface area contributed by atoms with E-state index in [2.05, 4.69) is 0 Å². The molecule has 254 valence electrons. The van der Waals surface area contributed by atoms with Gasteiger partial charge in [0, 0.05) is 24.6 Å². The van der Waals surface area contributed by atoms with Gasteiger partial charge in [-0.1, -0.05) is 30.3 Å². The topological polar surface area (TPSA) is 125 Å². The first-order valence-corrected chi connectivity index (χ1v) is 16.3. The number of rotatable bonds is 7. The summed E-state index contributed by atoms with van der Waals surface area (Å²) < 4.78 is 23.1. The number of nitrogens with zero attached hydrogens (tertiary/aromatic N) is 3. The number of carbonyl (C=O) groups excluding carboxylic acids is 4. The summed E-state index contributed by atoms with van der Waals surface area (Å²) >= 11 is 0. The fourth-order valence-electron chi connectivity index (χ4n) is 6.51. The second-order valence-corrected chi connectivity index (χ2v) is 15.5. The monoisotopic (exact) mass is 649 g/mol. The number of esters is 2. The standard InChI is InChI=1S/C36H47N3O8/c1-23-16-26(37-28(17-23)39(32(43)47-34(5,6)7)19-24-12-10-9-11-13-24)18-25-20-38(31(42)46-33(2,3)4)21-27(25)44-30(41)36-15-14-35(8,22-36)29(40)45-36/h9-13,16-17,25,27H,14-15,18-22H2,1-8H3/t25-,27+,35-,36+/m1/s1. The van der Waals surface area contributed by atoms with Crippen molar-refractivity contribution in [2.24, 2.45) is 11.3 Å². The molecule has 1 aromatic carbocycles. The smallest absolute Gasteiger partial charge is 0.416 e. The van der Waals surface area contributed by atoms with E-state index < -0.39 is 46.5 Å². The molecular formula is C36H47N3O8. The Morgan fingerprint density at radius 2 is 1.68 bits per heavy atom. The van der Waals surface area contributed by atoms with Crippen LogP contribution in [0.2, 0.25) is 0 Å². The lowest BCUT2D eigenvalue weighted by atomic mass is 9.89. The predicted octanol–water partition coefficient (Wildman–Crippen LogP) is 6.14. The number of carbonyl (C=O) groups is 4. The third-order valence-corrected chi connectivity index (χ3v) is 8.75. The van der Waals surface area contributed by atoms with Gasteiger partial charge in [-0.3, -0.25) is 9.69 Å². The summed E-state index contributed by atoms with van der Waals surface area (Å²) in [5, 5.41) is 0. The number of likely N-dealkylation sites (tertiary alicyclic amines) is 1. The molecule has 3 heterocycles. The van der Waals surface area contributed by atoms with Gasteiger partial charge >= 0.3 is 24.1 Å². The predicted molar refractivity (Wildman–Crippen MR) is 173 cm³/mol. The van der Waals surface area contributed by atoms with Gasteiger partial charge in [0.25, 0.3) is 0 Å². The van der Waals surface area contributed by atoms with Gasteiger partial charge in [-0.15, -0.1) is 0 Å². The van der Waals surface area contributed by atoms with Crippen molar-refractivity contribution < 1.29 is 38.1 Å². The Morgan fingerprint density at radius 1 is 1.00 bits per heavy atom. The molecule has 1 aromatic heterocycles. The van der Waals surface area contributed by atoms with Crippen LogP contribution in [0.5, 0.6) is 0 Å². The minimum absolute atomic E-state index is 0.128. The summed E-state index contributed by atoms with van der Waals surface area (Å²) in [4.78, 5) is 60.7. The van der Waals surface area contributed by atoms with Gasteiger partial charge in [0.1, 0.15) is 23.1 Å². The van der Waals surface area contributed by atoms with Crippen LogP contribution in [-0.4, -0.2) is 70.0 Å². The van der Waals surface area contributed by atoms with E-state index in [1.165, 1.54) is 4.90 Å². The Labute approximate surface area is 276 Å². The van der Waals surface area contributed by atoms with E-state index >= 15 is 0 Å². The lowest BCUT2D eigenvalue weighted by Crippen LogP contribution is -2.43. The summed E-state index contributed by atoms with van der Waals surface area (Å²) in [5.74, 6) is -0.861. The first-order valence-electron chi connectivity index (χ1n) is 16.3. The molecule has 0 spiro atoms. The van der Waals surface area contributed by atoms with Crippen LogP contribution < -0.4 is 4.90 Å². The van der Waals surface area contributed by atoms with E-state index in [-0.39, 0.29) is 37.9 Å². The maximum atomic E-state index is 13.6. The van der Waals surface area contributed by atoms with Gasteiger partial charge in [0.15, 0.2) is 0 Å². The van der Waals surface area contributed by atoms with Crippen molar-refractivity contribution in [3.8, 4) is 0 Å². The maximum Gasteiger partial charge on any atom is 0.416 e. The lowest BCUT2D eigenvalue weighted by molar-refractivity contribution is -0.183. The highest BCUT2D eigenvalue weighted by molar-refractivity contribution is 5.91. The second kappa shape index (κ2) is 12.5. The molecule has 1 saturated carbocycles. The summed E-state index contributed by atoms with van der Waals surface area (Å²) in [6, 6.07) is 13.4. The second-order valence-electron chi connectivity index (χ2n) is 15.5. The summed E-state index contributed by atoms with van der Waals surface area (Å²) in [5.41, 5.74) is -0.942. The van der Waals surface area contributed by atoms with Crippen molar-refractivity contribution in [3.05, 3.63) is 59.3 Å². The first-order chi connectivity index (χ1) is 21.8. The van der Waals surface area contributed by atoms with Crippen molar-refractivity contribution in [3.63, 3.8) is 0 Å². The van der Waals surface area contributed by atoms with E-state index in [4.69, 9.17) is 23.9 Å². The number of benzene rings is 1. The first kappa shape index (κ1) is 34.2. The Kier molecular flexibility index (Phi) is 9.07. The zero-order valence-electron chi connectivity index (χ0n) is 28.8. The molecule has 0 unspecified atom stereocenters. The zero-order valence-corrected chi connectivity index (χ0v) is 28.8. The number of aromatic nitrogens is 1. The molecule has 11 heteroatoms. The molecular weight excluding hydrogens is 602 g/mol. The van der Waals surface area contributed by atoms with Gasteiger partial charge in [-0.25, -0.2) is 19.4 Å². The molecule has 2 saturated heterocycles. The van der Waals surface area contributed by atoms with Crippen molar-refractivity contribution in [1.82, 2.24) is 9.88 Å². The average molecular weight is 650 g/mol. The SMILES string of the molecule is Cc1cc(C[C@@H]2CN(C(=O)OC(C)(C)C)C[C@@H]2OC(=O)[C@]23CC[C@](C)(C2)C(=O)O3)nc(N(Cc2ccccc2)C(=O)OC(C)(C)C)c1. The largest absolute Gasteiger partial charge is 0.457 e. The van der Waals surface area contributed by atoms with E-state index in [0.717, 1.165) is 11.1 Å². The molecule has 1 aliphatic carbocycles. The van der Waals surface area contributed by atoms with Crippen LogP contribution in [0, 0.1) is 18.3 Å². The average Bonchev–Trinajstić information content (AvgIpc) is 3.59. The molecule has 2 bridgehead atoms. The Hall–Kier alpha value is -4.15. The van der Waals surface area contributed by atoms with Gasteiger partial charge < -0.3 is 23.8 Å². The van der Waals surface area contributed by atoms with Crippen LogP contribution in [0.1, 0.15) is 84.5 Å². The van der Waals surface area contributed by atoms with Gasteiger partial charge in [0.2, 0.25) is 5.60 Å². The van der Waals surface area contributed by atoms with Crippen molar-refractivity contribution in [2.75, 3.05) is 18.0 Å². The van der Waals surface area contributed by atoms with E-state index in [0.29, 0.717) is 30.8 Å². The third-order valence-electron chi connectivity index (χ3n) is 8.75. The summed E-state index contributed by atoms with van der Waals surface area (Å²) in [6.45, 7) is 15.2. The quantitative estimate of drug-likeness (QED) is 0.257. The number of ether oxygens (including phenoxy) is 4. The molecule has 5 rings (SSSR count). The number of hydrogen-bond acceptors (Lipinski definition) is 9. The molecule has 2 amide bonds. The molecule has 4 atom stereocenters. The lowest BCUT2D eigenvalue weighted by Gasteiger charge is -2.28. The van der Waals surface area contributed by atoms with Crippen molar-refractivity contribution in [2.45, 2.75) is 111 Å². The number of fused-ring (bicyclic) bond motifs is 2. The number of amides is 2. The highest BCUT2D eigenvalue weighted by Crippen LogP contribution is 2.54. The van der Waals surface area contributed by atoms with Crippen LogP contribution in [0.3, 0.4) is 0 Å². The highest BCUT2D eigenvalue weighted by Gasteiger charge is 2.65. The van der Waals surface area contributed by atoms with Crippen LogP contribution >= 0.6 is 0 Å². The van der Waals surface area contributed by atoms with Gasteiger partial charge in [-0.05, 0) is 97.9 Å². The fraction of sp³-hybridized carbons (Fsp3) is 0.583. The number of pyridine rings is 1. The molecule has 0 radical (unpaired) electrons. The van der Waals surface area contributed by atoms with Crippen LogP contribution in [0.15, 0.2) is 42.5 Å². The number of hydrogen-bond donors (Lipinski definition) is 0. The molecule has 3 aliphatic rings. The minimum atomic E-state index is -1.30. The van der Waals surface area contributed by atoms with Crippen molar-refractivity contribution in [1.29, 1.82) is 0 Å². The zero-order chi connectivity index (χ0) is 34.4. The summed E-state index contributed by atoms with van der Waals surface area (Å²) in [7, 11) is 0. The van der Waals surface area contributed by atoms with E-state index in [9.17, 15) is 19.2 Å². The minimum Gasteiger partial charge on any atom is -0.457 e. The van der Waals surface area contributed by atoms with Crippen LogP contribution in [0.25, 0.3) is 0 Å². The molecule has 0 N–H and O–H groups in total. The van der Waals surface area contributed by atoms with E-state index in [1.54, 1.807) is 25.7 Å². The van der Waals surface area contributed by atoms with Crippen LogP contribution in [0.4, 0.5) is 15.4 Å². The molecule has 47 heavy (non-hydrogen) atoms. The Balaban J connectivity index is 1.41. The van der Waals surface area contributed by atoms with E-state index in [1.807, 2.05) is 77.1 Å². The van der Waals surface area contributed by atoms with Crippen molar-refractivity contribution >= 4 is 29.9 Å². The van der Waals surface area contributed by atoms with Gasteiger partial charge in [-0.2, -0.15) is 0 Å². The normalized spacial score (nSPS) is 25.4. The molecule has 2 aromatic rings. The Morgan fingerprint density at radius 3 is 2.28 bits per heavy atom.